The number of quaternary nitrogens is 2. The molecule has 0 unspecified atom stereocenters. The third kappa shape index (κ3) is 5.45. The first-order valence-corrected chi connectivity index (χ1v) is 10.7. The summed E-state index contributed by atoms with van der Waals surface area (Å²) >= 11 is 0. The van der Waals surface area contributed by atoms with E-state index in [1.165, 1.54) is 29.7 Å². The number of nitrogens with one attached hydrogen (secondary N) is 3. The lowest BCUT2D eigenvalue weighted by molar-refractivity contribution is -1.02. The van der Waals surface area contributed by atoms with Gasteiger partial charge in [0.1, 0.15) is 38.5 Å². The Morgan fingerprint density at radius 2 is 1.81 bits per heavy atom. The van der Waals surface area contributed by atoms with Crippen molar-refractivity contribution in [3.8, 4) is 5.75 Å². The Kier molecular flexibility index (Phi) is 7.13. The Morgan fingerprint density at radius 1 is 1.15 bits per heavy atom. The zero-order valence-corrected chi connectivity index (χ0v) is 17.2. The number of ether oxygens (including phenoxy) is 1. The highest BCUT2D eigenvalue weighted by Crippen LogP contribution is 2.23. The minimum atomic E-state index is 0.0571. The first kappa shape index (κ1) is 20.2. The fourth-order valence-electron chi connectivity index (χ4n) is 4.59. The zero-order valence-electron chi connectivity index (χ0n) is 17.2. The van der Waals surface area contributed by atoms with E-state index >= 15 is 0 Å². The van der Waals surface area contributed by atoms with E-state index in [0.717, 1.165) is 44.9 Å². The largest absolute Gasteiger partial charge is 0.497 e. The van der Waals surface area contributed by atoms with Crippen LogP contribution < -0.4 is 19.9 Å². The molecule has 0 bridgehead atoms. The van der Waals surface area contributed by atoms with E-state index in [-0.39, 0.29) is 11.9 Å². The Bertz CT molecular complexity index is 596. The van der Waals surface area contributed by atoms with Crippen LogP contribution in [0.3, 0.4) is 0 Å². The highest BCUT2D eigenvalue weighted by Gasteiger charge is 2.33. The van der Waals surface area contributed by atoms with Gasteiger partial charge in [0.15, 0.2) is 6.04 Å². The average Bonchev–Trinajstić information content (AvgIpc) is 2.70. The van der Waals surface area contributed by atoms with Crippen LogP contribution in [0.4, 0.5) is 0 Å². The number of benzene rings is 1. The van der Waals surface area contributed by atoms with Crippen LogP contribution >= 0.6 is 0 Å². The van der Waals surface area contributed by atoms with Gasteiger partial charge in [0.25, 0.3) is 5.91 Å². The highest BCUT2D eigenvalue weighted by atomic mass is 16.5. The lowest BCUT2D eigenvalue weighted by atomic mass is 9.86. The molecule has 1 saturated carbocycles. The predicted octanol–water partition coefficient (Wildman–Crippen LogP) is 0.0620. The Hall–Kier alpha value is -1.59. The molecule has 27 heavy (non-hydrogen) atoms. The van der Waals surface area contributed by atoms with E-state index < -0.39 is 0 Å². The first-order valence-electron chi connectivity index (χ1n) is 10.7. The summed E-state index contributed by atoms with van der Waals surface area (Å²) in [5.41, 5.74) is 1.35. The predicted molar refractivity (Wildman–Crippen MR) is 107 cm³/mol. The summed E-state index contributed by atoms with van der Waals surface area (Å²) in [6.45, 7) is 9.82. The first-order chi connectivity index (χ1) is 13.1. The molecule has 150 valence electrons. The fourth-order valence-corrected chi connectivity index (χ4v) is 4.59. The molecule has 0 radical (unpaired) electrons. The van der Waals surface area contributed by atoms with Crippen molar-refractivity contribution in [2.45, 2.75) is 58.2 Å². The highest BCUT2D eigenvalue weighted by molar-refractivity contribution is 5.80. The molecule has 2 aliphatic rings. The van der Waals surface area contributed by atoms with Crippen LogP contribution in [-0.2, 0) is 11.3 Å². The topological polar surface area (TPSA) is 47.2 Å². The molecule has 1 aromatic carbocycles. The lowest BCUT2D eigenvalue weighted by Crippen LogP contribution is -3.29. The second-order valence-corrected chi connectivity index (χ2v) is 8.53. The third-order valence-electron chi connectivity index (χ3n) is 6.66. The molecule has 1 saturated heterocycles. The minimum Gasteiger partial charge on any atom is -0.497 e. The Morgan fingerprint density at radius 3 is 2.44 bits per heavy atom. The molecular weight excluding hydrogens is 338 g/mol. The summed E-state index contributed by atoms with van der Waals surface area (Å²) in [4.78, 5) is 15.8. The van der Waals surface area contributed by atoms with Crippen LogP contribution in [0, 0.1) is 5.92 Å². The molecule has 5 nitrogen and oxygen atoms in total. The summed E-state index contributed by atoms with van der Waals surface area (Å²) < 4.78 is 5.23. The van der Waals surface area contributed by atoms with Gasteiger partial charge >= 0.3 is 0 Å². The second-order valence-electron chi connectivity index (χ2n) is 8.53. The molecule has 5 heteroatoms. The van der Waals surface area contributed by atoms with Crippen molar-refractivity contribution < 1.29 is 19.3 Å². The molecule has 1 aliphatic carbocycles. The summed E-state index contributed by atoms with van der Waals surface area (Å²) in [7, 11) is 1.70. The van der Waals surface area contributed by atoms with Gasteiger partial charge in [-0.1, -0.05) is 19.8 Å². The van der Waals surface area contributed by atoms with Gasteiger partial charge in [-0.15, -0.1) is 0 Å². The number of methoxy groups -OCH3 is 1. The van der Waals surface area contributed by atoms with Crippen LogP contribution in [0.5, 0.6) is 5.75 Å². The van der Waals surface area contributed by atoms with E-state index in [2.05, 4.69) is 31.3 Å². The van der Waals surface area contributed by atoms with Crippen molar-refractivity contribution in [3.05, 3.63) is 29.8 Å². The molecule has 1 heterocycles. The number of carbonyl (C=O) groups excluding carboxylic acids is 1. The van der Waals surface area contributed by atoms with Gasteiger partial charge in [0.2, 0.25) is 0 Å². The SMILES string of the molecule is COc1ccc(C[NH+]2CC[NH+]([C@H](C)C(=O)N[C@@H]3CCCC[C@@H]3C)CC2)cc1. The summed E-state index contributed by atoms with van der Waals surface area (Å²) in [5, 5.41) is 3.35. The van der Waals surface area contributed by atoms with Crippen LogP contribution in [0.1, 0.15) is 45.1 Å². The molecule has 0 spiro atoms. The number of amides is 1. The van der Waals surface area contributed by atoms with Gasteiger partial charge in [-0.25, -0.2) is 0 Å². The van der Waals surface area contributed by atoms with Gasteiger partial charge in [0.05, 0.1) is 7.11 Å². The maximum atomic E-state index is 12.7. The smallest absolute Gasteiger partial charge is 0.278 e. The fraction of sp³-hybridized carbons (Fsp3) is 0.682. The van der Waals surface area contributed by atoms with Gasteiger partial charge < -0.3 is 19.9 Å². The van der Waals surface area contributed by atoms with Crippen molar-refractivity contribution in [3.63, 3.8) is 0 Å². The Balaban J connectivity index is 1.44. The van der Waals surface area contributed by atoms with E-state index in [9.17, 15) is 4.79 Å². The maximum Gasteiger partial charge on any atom is 0.278 e. The summed E-state index contributed by atoms with van der Waals surface area (Å²) in [6.07, 6.45) is 4.96. The van der Waals surface area contributed by atoms with Crippen LogP contribution in [0.2, 0.25) is 0 Å². The van der Waals surface area contributed by atoms with E-state index in [0.29, 0.717) is 12.0 Å². The zero-order chi connectivity index (χ0) is 19.2. The van der Waals surface area contributed by atoms with E-state index in [1.54, 1.807) is 12.0 Å². The van der Waals surface area contributed by atoms with Crippen molar-refractivity contribution in [1.82, 2.24) is 5.32 Å². The van der Waals surface area contributed by atoms with Gasteiger partial charge in [-0.3, -0.25) is 4.79 Å². The molecule has 3 atom stereocenters. The molecule has 1 amide bonds. The van der Waals surface area contributed by atoms with E-state index in [1.807, 2.05) is 12.1 Å². The minimum absolute atomic E-state index is 0.0571. The quantitative estimate of drug-likeness (QED) is 0.659. The van der Waals surface area contributed by atoms with Gasteiger partial charge in [-0.2, -0.15) is 0 Å². The summed E-state index contributed by atoms with van der Waals surface area (Å²) in [6, 6.07) is 8.83. The third-order valence-corrected chi connectivity index (χ3v) is 6.66. The number of rotatable bonds is 6. The number of carbonyl (C=O) groups is 1. The monoisotopic (exact) mass is 375 g/mol. The van der Waals surface area contributed by atoms with Crippen molar-refractivity contribution in [1.29, 1.82) is 0 Å². The van der Waals surface area contributed by atoms with Gasteiger partial charge in [0, 0.05) is 11.6 Å². The summed E-state index contributed by atoms with van der Waals surface area (Å²) in [5.74, 6) is 1.79. The number of piperazine rings is 1. The molecule has 3 rings (SSSR count). The normalized spacial score (nSPS) is 29.7. The Labute approximate surface area is 164 Å². The number of hydrogen-bond donors (Lipinski definition) is 3. The van der Waals surface area contributed by atoms with Crippen LogP contribution in [-0.4, -0.2) is 51.3 Å². The van der Waals surface area contributed by atoms with Crippen molar-refractivity contribution in [2.75, 3.05) is 33.3 Å². The van der Waals surface area contributed by atoms with Crippen molar-refractivity contribution >= 4 is 5.91 Å². The van der Waals surface area contributed by atoms with Crippen molar-refractivity contribution in [2.24, 2.45) is 5.92 Å². The van der Waals surface area contributed by atoms with Crippen LogP contribution in [0.15, 0.2) is 24.3 Å². The molecule has 1 aliphatic heterocycles. The van der Waals surface area contributed by atoms with Gasteiger partial charge in [-0.05, 0) is 49.9 Å². The molecule has 2 fully saturated rings. The molecule has 0 aromatic heterocycles. The lowest BCUT2D eigenvalue weighted by Gasteiger charge is -2.34. The molecule has 1 aromatic rings. The molecular formula is C22H37N3O2+2. The van der Waals surface area contributed by atoms with E-state index in [4.69, 9.17) is 4.74 Å². The second kappa shape index (κ2) is 9.56. The van der Waals surface area contributed by atoms with Crippen LogP contribution in [0.25, 0.3) is 0 Å². The standard InChI is InChI=1S/C22H35N3O2/c1-17-6-4-5-7-21(17)23-22(26)18(2)25-14-12-24(13-15-25)16-19-8-10-20(27-3)11-9-19/h8-11,17-18,21H,4-7,12-16H2,1-3H3,(H,23,26)/p+2/t17-,18+,21+/m0/s1. The average molecular weight is 376 g/mol. The maximum absolute atomic E-state index is 12.7. The number of hydrogen-bond acceptors (Lipinski definition) is 2. The molecule has 3 N–H and O–H groups in total.